The topological polar surface area (TPSA) is 92.5 Å². The largest absolute Gasteiger partial charge is 0.480 e. The van der Waals surface area contributed by atoms with Crippen molar-refractivity contribution in [3.63, 3.8) is 0 Å². The summed E-state index contributed by atoms with van der Waals surface area (Å²) in [5.41, 5.74) is 0.541. The average molecular weight is 292 g/mol. The van der Waals surface area contributed by atoms with Gasteiger partial charge in [0.05, 0.1) is 10.5 Å². The van der Waals surface area contributed by atoms with Gasteiger partial charge >= 0.3 is 5.97 Å². The van der Waals surface area contributed by atoms with Gasteiger partial charge in [-0.25, -0.2) is 0 Å². The molecule has 1 unspecified atom stereocenters. The number of benzene rings is 1. The zero-order valence-electron chi connectivity index (χ0n) is 12.0. The van der Waals surface area contributed by atoms with Crippen molar-refractivity contribution in [1.29, 1.82) is 0 Å². The molecule has 2 N–H and O–H groups in total. The Morgan fingerprint density at radius 2 is 2.19 bits per heavy atom. The molecule has 1 aromatic carbocycles. The Labute approximate surface area is 123 Å². The van der Waals surface area contributed by atoms with Crippen LogP contribution in [0, 0.1) is 10.1 Å². The van der Waals surface area contributed by atoms with Gasteiger partial charge in [-0.05, 0) is 12.5 Å². The first-order valence-electron chi connectivity index (χ1n) is 6.92. The van der Waals surface area contributed by atoms with Crippen LogP contribution >= 0.6 is 0 Å². The fourth-order valence-corrected chi connectivity index (χ4v) is 1.91. The third-order valence-corrected chi connectivity index (χ3v) is 3.06. The minimum Gasteiger partial charge on any atom is -0.480 e. The Balaban J connectivity index is 2.58. The van der Waals surface area contributed by atoms with Crippen LogP contribution in [0.5, 0.6) is 0 Å². The van der Waals surface area contributed by atoms with Crippen LogP contribution in [0.4, 0.5) is 5.69 Å². The zero-order valence-corrected chi connectivity index (χ0v) is 12.0. The predicted octanol–water partition coefficient (Wildman–Crippen LogP) is 2.84. The molecular formula is C15H20N2O4. The molecule has 0 aliphatic carbocycles. The van der Waals surface area contributed by atoms with Gasteiger partial charge in [-0.1, -0.05) is 44.1 Å². The third kappa shape index (κ3) is 5.74. The summed E-state index contributed by atoms with van der Waals surface area (Å²) in [7, 11) is 0. The number of nitro groups is 1. The maximum atomic E-state index is 11.0. The van der Waals surface area contributed by atoms with Crippen molar-refractivity contribution in [3.05, 3.63) is 46.0 Å². The lowest BCUT2D eigenvalue weighted by Crippen LogP contribution is -2.36. The van der Waals surface area contributed by atoms with Gasteiger partial charge in [-0.15, -0.1) is 0 Å². The van der Waals surface area contributed by atoms with E-state index in [2.05, 4.69) is 5.32 Å². The minimum atomic E-state index is -0.873. The normalized spacial score (nSPS) is 12.4. The number of carboxylic acids is 1. The molecule has 0 aliphatic heterocycles. The first-order valence-corrected chi connectivity index (χ1v) is 6.92. The SMILES string of the molecule is CCCCC(NC/C=C/c1ccccc1[N+](=O)[O-])C(=O)O. The highest BCUT2D eigenvalue weighted by atomic mass is 16.6. The van der Waals surface area contributed by atoms with Gasteiger partial charge in [-0.2, -0.15) is 0 Å². The van der Waals surface area contributed by atoms with E-state index in [1.54, 1.807) is 30.4 Å². The van der Waals surface area contributed by atoms with E-state index in [0.29, 0.717) is 18.5 Å². The van der Waals surface area contributed by atoms with E-state index in [9.17, 15) is 14.9 Å². The second kappa shape index (κ2) is 8.86. The van der Waals surface area contributed by atoms with Crippen molar-refractivity contribution >= 4 is 17.7 Å². The number of carbonyl (C=O) groups is 1. The lowest BCUT2D eigenvalue weighted by Gasteiger charge is -2.12. The summed E-state index contributed by atoms with van der Waals surface area (Å²) in [6.45, 7) is 2.36. The molecule has 0 fully saturated rings. The molecule has 1 aromatic rings. The van der Waals surface area contributed by atoms with E-state index in [0.717, 1.165) is 12.8 Å². The lowest BCUT2D eigenvalue weighted by molar-refractivity contribution is -0.385. The molecule has 0 saturated carbocycles. The maximum Gasteiger partial charge on any atom is 0.320 e. The van der Waals surface area contributed by atoms with Crippen molar-refractivity contribution in [2.45, 2.75) is 32.2 Å². The monoisotopic (exact) mass is 292 g/mol. The lowest BCUT2D eigenvalue weighted by atomic mass is 10.1. The summed E-state index contributed by atoms with van der Waals surface area (Å²) < 4.78 is 0. The van der Waals surface area contributed by atoms with Crippen LogP contribution in [-0.2, 0) is 4.79 Å². The first-order chi connectivity index (χ1) is 10.1. The van der Waals surface area contributed by atoms with Gasteiger partial charge < -0.3 is 10.4 Å². The van der Waals surface area contributed by atoms with Crippen molar-refractivity contribution in [2.75, 3.05) is 6.54 Å². The standard InChI is InChI=1S/C15H20N2O4/c1-2-3-9-13(15(18)19)16-11-6-8-12-7-4-5-10-14(12)17(20)21/h4-8,10,13,16H,2-3,9,11H2,1H3,(H,18,19)/b8-6+. The number of rotatable bonds is 9. The van der Waals surface area contributed by atoms with Crippen LogP contribution in [0.15, 0.2) is 30.3 Å². The van der Waals surface area contributed by atoms with Crippen LogP contribution in [-0.4, -0.2) is 28.6 Å². The second-order valence-corrected chi connectivity index (χ2v) is 4.66. The fraction of sp³-hybridized carbons (Fsp3) is 0.400. The number of carboxylic acid groups (broad SMARTS) is 1. The van der Waals surface area contributed by atoms with Gasteiger partial charge in [0.25, 0.3) is 5.69 Å². The van der Waals surface area contributed by atoms with Crippen LogP contribution in [0.1, 0.15) is 31.7 Å². The van der Waals surface area contributed by atoms with Crippen LogP contribution in [0.2, 0.25) is 0 Å². The molecule has 0 bridgehead atoms. The highest BCUT2D eigenvalue weighted by molar-refractivity contribution is 5.73. The summed E-state index contributed by atoms with van der Waals surface area (Å²) in [6, 6.07) is 5.84. The molecule has 6 heteroatoms. The summed E-state index contributed by atoms with van der Waals surface area (Å²) in [5.74, 6) is -0.873. The van der Waals surface area contributed by atoms with E-state index < -0.39 is 16.9 Å². The molecule has 0 heterocycles. The number of nitro benzene ring substituents is 1. The molecule has 0 radical (unpaired) electrons. The number of nitrogens with zero attached hydrogens (tertiary/aromatic N) is 1. The molecule has 0 amide bonds. The molecule has 0 spiro atoms. The molecule has 6 nitrogen and oxygen atoms in total. The predicted molar refractivity (Wildman–Crippen MR) is 81.1 cm³/mol. The zero-order chi connectivity index (χ0) is 15.7. The number of aliphatic carboxylic acids is 1. The highest BCUT2D eigenvalue weighted by Crippen LogP contribution is 2.18. The second-order valence-electron chi connectivity index (χ2n) is 4.66. The Morgan fingerprint density at radius 3 is 2.81 bits per heavy atom. The molecule has 1 atom stereocenters. The highest BCUT2D eigenvalue weighted by Gasteiger charge is 2.14. The molecular weight excluding hydrogens is 272 g/mol. The van der Waals surface area contributed by atoms with Crippen LogP contribution in [0.3, 0.4) is 0 Å². The molecule has 0 saturated heterocycles. The quantitative estimate of drug-likeness (QED) is 0.539. The van der Waals surface area contributed by atoms with E-state index >= 15 is 0 Å². The Hall–Kier alpha value is -2.21. The number of para-hydroxylation sites is 1. The first kappa shape index (κ1) is 16.8. The van der Waals surface area contributed by atoms with E-state index in [1.165, 1.54) is 6.07 Å². The summed E-state index contributed by atoms with van der Waals surface area (Å²) in [5, 5.41) is 22.8. The van der Waals surface area contributed by atoms with Crippen molar-refractivity contribution < 1.29 is 14.8 Å². The Morgan fingerprint density at radius 1 is 1.48 bits per heavy atom. The fourth-order valence-electron chi connectivity index (χ4n) is 1.91. The van der Waals surface area contributed by atoms with Gasteiger partial charge in [0, 0.05) is 12.6 Å². The Kier molecular flexibility index (Phi) is 7.11. The third-order valence-electron chi connectivity index (χ3n) is 3.06. The molecule has 0 aliphatic rings. The number of nitrogens with one attached hydrogen (secondary N) is 1. The van der Waals surface area contributed by atoms with E-state index in [1.807, 2.05) is 6.92 Å². The molecule has 0 aromatic heterocycles. The summed E-state index contributed by atoms with van der Waals surface area (Å²) in [4.78, 5) is 21.4. The molecule has 114 valence electrons. The Bertz CT molecular complexity index is 514. The van der Waals surface area contributed by atoms with E-state index in [4.69, 9.17) is 5.11 Å². The minimum absolute atomic E-state index is 0.0366. The summed E-state index contributed by atoms with van der Waals surface area (Å²) >= 11 is 0. The van der Waals surface area contributed by atoms with E-state index in [-0.39, 0.29) is 5.69 Å². The summed E-state index contributed by atoms with van der Waals surface area (Å²) in [6.07, 6.45) is 5.69. The van der Waals surface area contributed by atoms with Gasteiger partial charge in [-0.3, -0.25) is 14.9 Å². The van der Waals surface area contributed by atoms with Gasteiger partial charge in [0.15, 0.2) is 0 Å². The van der Waals surface area contributed by atoms with Crippen molar-refractivity contribution in [2.24, 2.45) is 0 Å². The van der Waals surface area contributed by atoms with Crippen LogP contribution < -0.4 is 5.32 Å². The average Bonchev–Trinajstić information content (AvgIpc) is 2.46. The van der Waals surface area contributed by atoms with Gasteiger partial charge in [0.1, 0.15) is 6.04 Å². The molecule has 21 heavy (non-hydrogen) atoms. The van der Waals surface area contributed by atoms with Gasteiger partial charge in [0.2, 0.25) is 0 Å². The number of hydrogen-bond acceptors (Lipinski definition) is 4. The van der Waals surface area contributed by atoms with Crippen molar-refractivity contribution in [1.82, 2.24) is 5.32 Å². The smallest absolute Gasteiger partial charge is 0.320 e. The number of unbranched alkanes of at least 4 members (excludes halogenated alkanes) is 1. The van der Waals surface area contributed by atoms with Crippen molar-refractivity contribution in [3.8, 4) is 0 Å². The number of hydrogen-bond donors (Lipinski definition) is 2. The maximum absolute atomic E-state index is 11.0. The van der Waals surface area contributed by atoms with Crippen LogP contribution in [0.25, 0.3) is 6.08 Å². The molecule has 1 rings (SSSR count).